The summed E-state index contributed by atoms with van der Waals surface area (Å²) in [5.74, 6) is 0. The van der Waals surface area contributed by atoms with Gasteiger partial charge in [0.2, 0.25) is 0 Å². The highest BCUT2D eigenvalue weighted by Gasteiger charge is 2.12. The summed E-state index contributed by atoms with van der Waals surface area (Å²) in [5, 5.41) is 2.75. The third-order valence-electron chi connectivity index (χ3n) is 5.21. The predicted octanol–water partition coefficient (Wildman–Crippen LogP) is 5.86. The minimum atomic E-state index is -0.507. The first kappa shape index (κ1) is 23.9. The molecule has 0 bridgehead atoms. The molecule has 0 aromatic heterocycles. The predicted molar refractivity (Wildman–Crippen MR) is 129 cm³/mol. The normalized spacial score (nSPS) is 10.4. The third-order valence-corrected chi connectivity index (χ3v) is 5.21. The Balaban J connectivity index is 1.45. The van der Waals surface area contributed by atoms with E-state index >= 15 is 0 Å². The van der Waals surface area contributed by atoms with Crippen LogP contribution in [0.25, 0.3) is 0 Å². The lowest BCUT2D eigenvalue weighted by atomic mass is 10.0. The van der Waals surface area contributed by atoms with Gasteiger partial charge in [-0.3, -0.25) is 5.32 Å². The average Bonchev–Trinajstić information content (AvgIpc) is 2.80. The van der Waals surface area contributed by atoms with Crippen LogP contribution in [0.1, 0.15) is 27.8 Å². The van der Waals surface area contributed by atoms with Crippen molar-refractivity contribution in [3.05, 3.63) is 101 Å². The maximum absolute atomic E-state index is 12.3. The molecule has 33 heavy (non-hydrogen) atoms. The van der Waals surface area contributed by atoms with Gasteiger partial charge in [0.05, 0.1) is 6.61 Å². The highest BCUT2D eigenvalue weighted by Crippen LogP contribution is 2.14. The summed E-state index contributed by atoms with van der Waals surface area (Å²) in [4.78, 5) is 26.0. The van der Waals surface area contributed by atoms with Crippen molar-refractivity contribution in [2.75, 3.05) is 19.0 Å². The zero-order chi connectivity index (χ0) is 23.6. The Morgan fingerprint density at radius 1 is 0.879 bits per heavy atom. The molecule has 0 spiro atoms. The highest BCUT2D eigenvalue weighted by molar-refractivity contribution is 5.84. The van der Waals surface area contributed by atoms with Gasteiger partial charge < -0.3 is 14.4 Å². The number of hydrogen-bond acceptors (Lipinski definition) is 4. The molecule has 0 heterocycles. The van der Waals surface area contributed by atoms with Crippen LogP contribution in [-0.2, 0) is 29.0 Å². The minimum Gasteiger partial charge on any atom is -0.449 e. The summed E-state index contributed by atoms with van der Waals surface area (Å²) < 4.78 is 10.7. The molecule has 3 aromatic carbocycles. The van der Waals surface area contributed by atoms with E-state index in [0.29, 0.717) is 25.3 Å². The van der Waals surface area contributed by atoms with Crippen LogP contribution >= 0.6 is 0 Å². The molecule has 0 aliphatic carbocycles. The first-order chi connectivity index (χ1) is 15.9. The SMILES string of the molecule is Cc1ccc(CCOC(=O)Nc2cccc(CN(C)C(=O)OCc3ccccc3)c2)c(C)c1. The minimum absolute atomic E-state index is 0.222. The fraction of sp³-hybridized carbons (Fsp3) is 0.259. The number of rotatable bonds is 8. The van der Waals surface area contributed by atoms with E-state index in [2.05, 4.69) is 37.4 Å². The molecule has 172 valence electrons. The molecule has 0 aliphatic heterocycles. The fourth-order valence-corrected chi connectivity index (χ4v) is 3.45. The van der Waals surface area contributed by atoms with Gasteiger partial charge in [-0.2, -0.15) is 0 Å². The van der Waals surface area contributed by atoms with E-state index in [1.54, 1.807) is 13.1 Å². The van der Waals surface area contributed by atoms with Crippen LogP contribution < -0.4 is 5.32 Å². The van der Waals surface area contributed by atoms with E-state index in [1.165, 1.54) is 16.0 Å². The van der Waals surface area contributed by atoms with Crippen molar-refractivity contribution in [2.45, 2.75) is 33.4 Å². The second-order valence-electron chi connectivity index (χ2n) is 8.04. The fourth-order valence-electron chi connectivity index (χ4n) is 3.45. The number of benzene rings is 3. The molecule has 0 saturated heterocycles. The number of carbonyl (C=O) groups excluding carboxylic acids is 2. The zero-order valence-corrected chi connectivity index (χ0v) is 19.3. The van der Waals surface area contributed by atoms with Crippen molar-refractivity contribution in [3.8, 4) is 0 Å². The van der Waals surface area contributed by atoms with Gasteiger partial charge in [-0.25, -0.2) is 9.59 Å². The number of nitrogens with zero attached hydrogens (tertiary/aromatic N) is 1. The Bertz CT molecular complexity index is 1080. The smallest absolute Gasteiger partial charge is 0.411 e. The average molecular weight is 447 g/mol. The first-order valence-corrected chi connectivity index (χ1v) is 10.9. The lowest BCUT2D eigenvalue weighted by molar-refractivity contribution is 0.103. The molecule has 0 fully saturated rings. The van der Waals surface area contributed by atoms with Gasteiger partial charge in [0.15, 0.2) is 0 Å². The van der Waals surface area contributed by atoms with Gasteiger partial charge in [-0.15, -0.1) is 0 Å². The largest absolute Gasteiger partial charge is 0.449 e. The van der Waals surface area contributed by atoms with Crippen molar-refractivity contribution < 1.29 is 19.1 Å². The molecule has 0 aliphatic rings. The van der Waals surface area contributed by atoms with Crippen molar-refractivity contribution in [2.24, 2.45) is 0 Å². The topological polar surface area (TPSA) is 67.9 Å². The quantitative estimate of drug-likeness (QED) is 0.470. The molecule has 0 radical (unpaired) electrons. The molecular weight excluding hydrogens is 416 g/mol. The number of amides is 2. The monoisotopic (exact) mass is 446 g/mol. The van der Waals surface area contributed by atoms with Gasteiger partial charge in [0, 0.05) is 25.7 Å². The van der Waals surface area contributed by atoms with Crippen LogP contribution in [0.5, 0.6) is 0 Å². The second-order valence-corrected chi connectivity index (χ2v) is 8.04. The molecule has 1 N–H and O–H groups in total. The van der Waals surface area contributed by atoms with E-state index in [9.17, 15) is 9.59 Å². The number of hydrogen-bond donors (Lipinski definition) is 1. The lowest BCUT2D eigenvalue weighted by Crippen LogP contribution is -2.27. The van der Waals surface area contributed by atoms with E-state index in [0.717, 1.165) is 16.7 Å². The molecular formula is C27H30N2O4. The summed E-state index contributed by atoms with van der Waals surface area (Å²) in [6.45, 7) is 4.98. The Morgan fingerprint density at radius 3 is 2.39 bits per heavy atom. The standard InChI is InChI=1S/C27H30N2O4/c1-20-12-13-24(21(2)16-20)14-15-32-26(30)28-25-11-7-10-23(17-25)18-29(3)27(31)33-19-22-8-5-4-6-9-22/h4-13,16-17H,14-15,18-19H2,1-3H3,(H,28,30). The van der Waals surface area contributed by atoms with Crippen molar-refractivity contribution in [1.82, 2.24) is 4.90 Å². The number of anilines is 1. The second kappa shape index (κ2) is 11.7. The zero-order valence-electron chi connectivity index (χ0n) is 19.3. The molecule has 3 aromatic rings. The number of carbonyl (C=O) groups is 2. The Kier molecular flexibility index (Phi) is 8.47. The van der Waals surface area contributed by atoms with Crippen molar-refractivity contribution in [3.63, 3.8) is 0 Å². The Morgan fingerprint density at radius 2 is 1.64 bits per heavy atom. The summed E-state index contributed by atoms with van der Waals surface area (Å²) in [5.41, 5.74) is 5.97. The van der Waals surface area contributed by atoms with Crippen LogP contribution in [0.15, 0.2) is 72.8 Å². The molecule has 0 saturated carbocycles. The maximum atomic E-state index is 12.3. The number of nitrogens with one attached hydrogen (secondary N) is 1. The van der Waals surface area contributed by atoms with Crippen LogP contribution in [0, 0.1) is 13.8 Å². The van der Waals surface area contributed by atoms with Gasteiger partial charge in [0.1, 0.15) is 6.61 Å². The van der Waals surface area contributed by atoms with Gasteiger partial charge >= 0.3 is 12.2 Å². The highest BCUT2D eigenvalue weighted by atomic mass is 16.6. The molecule has 3 rings (SSSR count). The van der Waals surface area contributed by atoms with E-state index in [1.807, 2.05) is 48.5 Å². The van der Waals surface area contributed by atoms with Crippen molar-refractivity contribution >= 4 is 17.9 Å². The van der Waals surface area contributed by atoms with Gasteiger partial charge in [-0.1, -0.05) is 66.2 Å². The van der Waals surface area contributed by atoms with Crippen molar-refractivity contribution in [1.29, 1.82) is 0 Å². The summed E-state index contributed by atoms with van der Waals surface area (Å²) in [7, 11) is 1.68. The van der Waals surface area contributed by atoms with E-state index in [4.69, 9.17) is 9.47 Å². The van der Waals surface area contributed by atoms with Crippen LogP contribution in [0.2, 0.25) is 0 Å². The van der Waals surface area contributed by atoms with Crippen LogP contribution in [0.3, 0.4) is 0 Å². The molecule has 0 unspecified atom stereocenters. The van der Waals surface area contributed by atoms with Crippen LogP contribution in [-0.4, -0.2) is 30.7 Å². The first-order valence-electron chi connectivity index (χ1n) is 10.9. The number of aryl methyl sites for hydroxylation is 2. The summed E-state index contributed by atoms with van der Waals surface area (Å²) in [6.07, 6.45) is -0.259. The third kappa shape index (κ3) is 7.68. The Labute approximate surface area is 195 Å². The Hall–Kier alpha value is -3.80. The molecule has 0 atom stereocenters. The molecule has 6 heteroatoms. The van der Waals surface area contributed by atoms with E-state index < -0.39 is 12.2 Å². The van der Waals surface area contributed by atoms with Crippen LogP contribution in [0.4, 0.5) is 15.3 Å². The van der Waals surface area contributed by atoms with E-state index in [-0.39, 0.29) is 6.61 Å². The lowest BCUT2D eigenvalue weighted by Gasteiger charge is -2.17. The summed E-state index contributed by atoms with van der Waals surface area (Å²) >= 11 is 0. The molecule has 2 amide bonds. The summed E-state index contributed by atoms with van der Waals surface area (Å²) in [6, 6.07) is 23.1. The maximum Gasteiger partial charge on any atom is 0.411 e. The molecule has 6 nitrogen and oxygen atoms in total. The van der Waals surface area contributed by atoms with Gasteiger partial charge in [0.25, 0.3) is 0 Å². The van der Waals surface area contributed by atoms with Gasteiger partial charge in [-0.05, 0) is 48.2 Å². The number of ether oxygens (including phenoxy) is 2.